The summed E-state index contributed by atoms with van der Waals surface area (Å²) in [7, 11) is 1.97. The monoisotopic (exact) mass is 221 g/mol. The minimum atomic E-state index is 0.364. The van der Waals surface area contributed by atoms with E-state index in [1.54, 1.807) is 6.07 Å². The molecule has 0 fully saturated rings. The van der Waals surface area contributed by atoms with Crippen molar-refractivity contribution in [2.45, 2.75) is 12.7 Å². The van der Waals surface area contributed by atoms with Gasteiger partial charge in [0.1, 0.15) is 5.75 Å². The fraction of sp³-hybridized carbons (Fsp3) is 0.333. The molecule has 1 heterocycles. The molecular formula is C12H15NOS. The van der Waals surface area contributed by atoms with E-state index in [9.17, 15) is 5.11 Å². The van der Waals surface area contributed by atoms with Crippen molar-refractivity contribution in [1.82, 2.24) is 4.57 Å². The lowest BCUT2D eigenvalue weighted by atomic mass is 10.2. The van der Waals surface area contributed by atoms with Crippen LogP contribution in [-0.4, -0.2) is 15.4 Å². The molecular weight excluding hydrogens is 206 g/mol. The van der Waals surface area contributed by atoms with Crippen molar-refractivity contribution >= 4 is 22.7 Å². The van der Waals surface area contributed by atoms with Crippen LogP contribution in [0.25, 0.3) is 10.9 Å². The summed E-state index contributed by atoms with van der Waals surface area (Å²) in [5.74, 6) is 2.50. The zero-order chi connectivity index (χ0) is 10.8. The molecule has 80 valence electrons. The molecule has 1 N–H and O–H groups in total. The number of hydrogen-bond donors (Lipinski definition) is 1. The molecule has 0 radical (unpaired) electrons. The second-order valence-corrected chi connectivity index (χ2v) is 4.85. The summed E-state index contributed by atoms with van der Waals surface area (Å²) in [6.45, 7) is 2.16. The topological polar surface area (TPSA) is 25.2 Å². The number of aryl methyl sites for hydroxylation is 1. The summed E-state index contributed by atoms with van der Waals surface area (Å²) >= 11 is 1.90. The van der Waals surface area contributed by atoms with Gasteiger partial charge in [-0.15, -0.1) is 0 Å². The lowest BCUT2D eigenvalue weighted by Crippen LogP contribution is -1.83. The highest BCUT2D eigenvalue weighted by Crippen LogP contribution is 2.30. The number of benzene rings is 1. The molecule has 15 heavy (non-hydrogen) atoms. The summed E-state index contributed by atoms with van der Waals surface area (Å²) in [5.41, 5.74) is 2.24. The Bertz CT molecular complexity index is 476. The molecule has 0 aliphatic rings. The van der Waals surface area contributed by atoms with E-state index in [1.807, 2.05) is 29.4 Å². The van der Waals surface area contributed by atoms with Gasteiger partial charge in [-0.1, -0.05) is 19.1 Å². The van der Waals surface area contributed by atoms with E-state index in [0.29, 0.717) is 5.75 Å². The van der Waals surface area contributed by atoms with E-state index >= 15 is 0 Å². The molecule has 1 aromatic carbocycles. The van der Waals surface area contributed by atoms with Gasteiger partial charge in [0.2, 0.25) is 0 Å². The van der Waals surface area contributed by atoms with Crippen LogP contribution in [0, 0.1) is 0 Å². The Morgan fingerprint density at radius 3 is 2.93 bits per heavy atom. The van der Waals surface area contributed by atoms with Crippen LogP contribution in [0.15, 0.2) is 24.4 Å². The lowest BCUT2D eigenvalue weighted by Gasteiger charge is -1.99. The molecule has 0 bridgehead atoms. The molecule has 0 amide bonds. The summed E-state index contributed by atoms with van der Waals surface area (Å²) in [5, 5.41) is 10.9. The Labute approximate surface area is 93.9 Å². The SMILES string of the molecule is CCSCc1cn(C)c2c(O)cccc12. The van der Waals surface area contributed by atoms with Crippen LogP contribution >= 0.6 is 11.8 Å². The number of para-hydroxylation sites is 1. The molecule has 3 heteroatoms. The number of fused-ring (bicyclic) bond motifs is 1. The van der Waals surface area contributed by atoms with Gasteiger partial charge in [0.15, 0.2) is 0 Å². The third-order valence-electron chi connectivity index (χ3n) is 2.52. The predicted molar refractivity (Wildman–Crippen MR) is 66.4 cm³/mol. The Balaban J connectivity index is 2.53. The van der Waals surface area contributed by atoms with E-state index in [0.717, 1.165) is 17.0 Å². The Kier molecular flexibility index (Phi) is 2.91. The van der Waals surface area contributed by atoms with Crippen molar-refractivity contribution in [1.29, 1.82) is 0 Å². The van der Waals surface area contributed by atoms with E-state index in [4.69, 9.17) is 0 Å². The quantitative estimate of drug-likeness (QED) is 0.861. The molecule has 0 aliphatic heterocycles. The summed E-state index contributed by atoms with van der Waals surface area (Å²) < 4.78 is 2.00. The van der Waals surface area contributed by atoms with Crippen molar-refractivity contribution in [3.05, 3.63) is 30.0 Å². The molecule has 0 unspecified atom stereocenters. The second-order valence-electron chi connectivity index (χ2n) is 3.58. The van der Waals surface area contributed by atoms with Crippen LogP contribution in [0.5, 0.6) is 5.75 Å². The van der Waals surface area contributed by atoms with E-state index in [1.165, 1.54) is 10.9 Å². The van der Waals surface area contributed by atoms with Crippen LogP contribution in [-0.2, 0) is 12.8 Å². The van der Waals surface area contributed by atoms with Crippen molar-refractivity contribution in [2.24, 2.45) is 7.05 Å². The number of nitrogens with zero attached hydrogens (tertiary/aromatic N) is 1. The Hall–Kier alpha value is -1.09. The Morgan fingerprint density at radius 1 is 1.40 bits per heavy atom. The lowest BCUT2D eigenvalue weighted by molar-refractivity contribution is 0.479. The average molecular weight is 221 g/mol. The summed E-state index contributed by atoms with van der Waals surface area (Å²) in [4.78, 5) is 0. The van der Waals surface area contributed by atoms with Crippen LogP contribution < -0.4 is 0 Å². The van der Waals surface area contributed by atoms with Crippen molar-refractivity contribution in [3.8, 4) is 5.75 Å². The number of hydrogen-bond acceptors (Lipinski definition) is 2. The van der Waals surface area contributed by atoms with Gasteiger partial charge in [-0.3, -0.25) is 0 Å². The number of aromatic nitrogens is 1. The fourth-order valence-electron chi connectivity index (χ4n) is 1.86. The van der Waals surface area contributed by atoms with Crippen molar-refractivity contribution in [3.63, 3.8) is 0 Å². The predicted octanol–water partition coefficient (Wildman–Crippen LogP) is 3.14. The standard InChI is InChI=1S/C12H15NOS/c1-3-15-8-9-7-13(2)12-10(9)5-4-6-11(12)14/h4-7,14H,3,8H2,1-2H3. The summed E-state index contributed by atoms with van der Waals surface area (Å²) in [6, 6.07) is 5.71. The number of thioether (sulfide) groups is 1. The van der Waals surface area contributed by atoms with Gasteiger partial charge in [0, 0.05) is 24.4 Å². The Morgan fingerprint density at radius 2 is 2.20 bits per heavy atom. The third-order valence-corrected chi connectivity index (χ3v) is 3.45. The van der Waals surface area contributed by atoms with Gasteiger partial charge >= 0.3 is 0 Å². The van der Waals surface area contributed by atoms with E-state index in [-0.39, 0.29) is 0 Å². The first-order valence-corrected chi connectivity index (χ1v) is 6.23. The molecule has 0 saturated heterocycles. The largest absolute Gasteiger partial charge is 0.506 e. The van der Waals surface area contributed by atoms with Gasteiger partial charge < -0.3 is 9.67 Å². The highest BCUT2D eigenvalue weighted by molar-refractivity contribution is 7.98. The molecule has 0 aliphatic carbocycles. The van der Waals surface area contributed by atoms with Crippen LogP contribution in [0.3, 0.4) is 0 Å². The first kappa shape index (κ1) is 10.4. The third kappa shape index (κ3) is 1.84. The maximum atomic E-state index is 9.76. The van der Waals surface area contributed by atoms with Crippen LogP contribution in [0.1, 0.15) is 12.5 Å². The molecule has 0 spiro atoms. The molecule has 0 atom stereocenters. The highest BCUT2D eigenvalue weighted by Gasteiger charge is 2.08. The minimum absolute atomic E-state index is 0.364. The van der Waals surface area contributed by atoms with Gasteiger partial charge in [0.05, 0.1) is 5.52 Å². The molecule has 2 rings (SSSR count). The second kappa shape index (κ2) is 4.19. The van der Waals surface area contributed by atoms with Crippen molar-refractivity contribution in [2.75, 3.05) is 5.75 Å². The van der Waals surface area contributed by atoms with E-state index in [2.05, 4.69) is 19.2 Å². The van der Waals surface area contributed by atoms with Crippen LogP contribution in [0.4, 0.5) is 0 Å². The zero-order valence-corrected chi connectivity index (χ0v) is 9.84. The minimum Gasteiger partial charge on any atom is -0.506 e. The maximum absolute atomic E-state index is 9.76. The molecule has 2 nitrogen and oxygen atoms in total. The zero-order valence-electron chi connectivity index (χ0n) is 9.03. The number of phenols is 1. The molecule has 1 aromatic heterocycles. The number of phenolic OH excluding ortho intramolecular Hbond substituents is 1. The van der Waals surface area contributed by atoms with E-state index < -0.39 is 0 Å². The van der Waals surface area contributed by atoms with Gasteiger partial charge in [-0.2, -0.15) is 11.8 Å². The van der Waals surface area contributed by atoms with Gasteiger partial charge in [-0.05, 0) is 17.4 Å². The summed E-state index contributed by atoms with van der Waals surface area (Å²) in [6.07, 6.45) is 2.10. The maximum Gasteiger partial charge on any atom is 0.139 e. The average Bonchev–Trinajstić information content (AvgIpc) is 2.54. The number of aromatic hydroxyl groups is 1. The van der Waals surface area contributed by atoms with Gasteiger partial charge in [0.25, 0.3) is 0 Å². The normalized spacial score (nSPS) is 11.1. The molecule has 2 aromatic rings. The fourth-order valence-corrected chi connectivity index (χ4v) is 2.51. The van der Waals surface area contributed by atoms with Crippen molar-refractivity contribution < 1.29 is 5.11 Å². The number of rotatable bonds is 3. The first-order chi connectivity index (χ1) is 7.24. The first-order valence-electron chi connectivity index (χ1n) is 5.07. The van der Waals surface area contributed by atoms with Gasteiger partial charge in [-0.25, -0.2) is 0 Å². The smallest absolute Gasteiger partial charge is 0.139 e. The highest BCUT2D eigenvalue weighted by atomic mass is 32.2. The van der Waals surface area contributed by atoms with Crippen LogP contribution in [0.2, 0.25) is 0 Å². The molecule has 0 saturated carbocycles.